The molecule has 138 valence electrons. The van der Waals surface area contributed by atoms with Crippen molar-refractivity contribution in [2.24, 2.45) is 0 Å². The maximum atomic E-state index is 12.9. The van der Waals surface area contributed by atoms with Gasteiger partial charge in [0, 0.05) is 17.6 Å². The molecular weight excluding hydrogens is 420 g/mol. The van der Waals surface area contributed by atoms with E-state index >= 15 is 0 Å². The first-order valence-electron chi connectivity index (χ1n) is 8.17. The largest absolute Gasteiger partial charge is 0.495 e. The van der Waals surface area contributed by atoms with Crippen molar-refractivity contribution < 1.29 is 17.9 Å². The number of carbonyl (C=O) groups is 1. The monoisotopic (exact) mass is 438 g/mol. The van der Waals surface area contributed by atoms with E-state index in [2.05, 4.69) is 20.7 Å². The number of likely N-dealkylation sites (tertiary alicyclic amines) is 1. The number of nitrogens with one attached hydrogen (secondary N) is 1. The second-order valence-electron chi connectivity index (χ2n) is 5.95. The molecule has 2 aromatic carbocycles. The van der Waals surface area contributed by atoms with Crippen LogP contribution in [0, 0.1) is 0 Å². The SMILES string of the molecule is COc1ccc(Br)cc1S(=O)(=O)Nc1ccccc1C(=O)N1CCCC1. The molecule has 6 nitrogen and oxygen atoms in total. The number of sulfonamides is 1. The van der Waals surface area contributed by atoms with Crippen molar-refractivity contribution in [2.75, 3.05) is 24.9 Å². The molecule has 1 aliphatic heterocycles. The van der Waals surface area contributed by atoms with E-state index in [-0.39, 0.29) is 22.2 Å². The fourth-order valence-electron chi connectivity index (χ4n) is 2.91. The fourth-order valence-corrected chi connectivity index (χ4v) is 4.70. The van der Waals surface area contributed by atoms with Crippen LogP contribution in [0.4, 0.5) is 5.69 Å². The third-order valence-electron chi connectivity index (χ3n) is 4.21. The van der Waals surface area contributed by atoms with Crippen LogP contribution in [-0.4, -0.2) is 39.4 Å². The van der Waals surface area contributed by atoms with Crippen LogP contribution in [0.2, 0.25) is 0 Å². The second-order valence-corrected chi connectivity index (χ2v) is 8.51. The lowest BCUT2D eigenvalue weighted by Gasteiger charge is -2.19. The Morgan fingerprint density at radius 3 is 2.54 bits per heavy atom. The first kappa shape index (κ1) is 18.7. The average Bonchev–Trinajstić information content (AvgIpc) is 3.16. The van der Waals surface area contributed by atoms with Gasteiger partial charge in [0.1, 0.15) is 10.6 Å². The molecule has 2 aromatic rings. The summed E-state index contributed by atoms with van der Waals surface area (Å²) in [4.78, 5) is 14.5. The predicted octanol–water partition coefficient (Wildman–Crippen LogP) is 3.49. The standard InChI is InChI=1S/C18H19BrN2O4S/c1-25-16-9-8-13(19)12-17(16)26(23,24)20-15-7-3-2-6-14(15)18(22)21-10-4-5-11-21/h2-3,6-9,12,20H,4-5,10-11H2,1H3. The van der Waals surface area contributed by atoms with E-state index in [9.17, 15) is 13.2 Å². The smallest absolute Gasteiger partial charge is 0.265 e. The fraction of sp³-hybridized carbons (Fsp3) is 0.278. The summed E-state index contributed by atoms with van der Waals surface area (Å²) in [6.45, 7) is 1.39. The molecule has 1 fully saturated rings. The van der Waals surface area contributed by atoms with Crippen LogP contribution >= 0.6 is 15.9 Å². The maximum absolute atomic E-state index is 12.9. The number of methoxy groups -OCH3 is 1. The van der Waals surface area contributed by atoms with Gasteiger partial charge in [-0.1, -0.05) is 28.1 Å². The molecular formula is C18H19BrN2O4S. The Kier molecular flexibility index (Phi) is 5.52. The quantitative estimate of drug-likeness (QED) is 0.774. The van der Waals surface area contributed by atoms with Crippen LogP contribution in [0.15, 0.2) is 51.8 Å². The van der Waals surface area contributed by atoms with Crippen molar-refractivity contribution >= 4 is 37.5 Å². The molecule has 1 aliphatic rings. The minimum Gasteiger partial charge on any atom is -0.495 e. The highest BCUT2D eigenvalue weighted by atomic mass is 79.9. The Hall–Kier alpha value is -2.06. The maximum Gasteiger partial charge on any atom is 0.265 e. The van der Waals surface area contributed by atoms with Crippen molar-refractivity contribution in [3.05, 3.63) is 52.5 Å². The Morgan fingerprint density at radius 2 is 1.85 bits per heavy atom. The van der Waals surface area contributed by atoms with Crippen LogP contribution < -0.4 is 9.46 Å². The summed E-state index contributed by atoms with van der Waals surface area (Å²) in [5, 5.41) is 0. The molecule has 1 N–H and O–H groups in total. The Bertz CT molecular complexity index is 925. The summed E-state index contributed by atoms with van der Waals surface area (Å²) in [5.41, 5.74) is 0.596. The molecule has 1 amide bonds. The average molecular weight is 439 g/mol. The summed E-state index contributed by atoms with van der Waals surface area (Å²) in [6, 6.07) is 11.4. The van der Waals surface area contributed by atoms with Gasteiger partial charge >= 0.3 is 0 Å². The molecule has 8 heteroatoms. The Balaban J connectivity index is 1.96. The number of para-hydroxylation sites is 1. The van der Waals surface area contributed by atoms with E-state index in [0.29, 0.717) is 23.1 Å². The number of ether oxygens (including phenoxy) is 1. The van der Waals surface area contributed by atoms with Gasteiger partial charge in [-0.05, 0) is 43.2 Å². The lowest BCUT2D eigenvalue weighted by molar-refractivity contribution is 0.0794. The third kappa shape index (κ3) is 3.86. The summed E-state index contributed by atoms with van der Waals surface area (Å²) in [7, 11) is -2.52. The van der Waals surface area contributed by atoms with Crippen molar-refractivity contribution in [3.63, 3.8) is 0 Å². The molecule has 1 heterocycles. The van der Waals surface area contributed by atoms with Gasteiger partial charge in [0.15, 0.2) is 0 Å². The molecule has 0 bridgehead atoms. The zero-order chi connectivity index (χ0) is 18.7. The first-order chi connectivity index (χ1) is 12.4. The molecule has 0 atom stereocenters. The van der Waals surface area contributed by atoms with Crippen molar-refractivity contribution in [3.8, 4) is 5.75 Å². The van der Waals surface area contributed by atoms with Crippen molar-refractivity contribution in [1.29, 1.82) is 0 Å². The molecule has 0 saturated carbocycles. The lowest BCUT2D eigenvalue weighted by Crippen LogP contribution is -2.28. The number of benzene rings is 2. The Morgan fingerprint density at radius 1 is 1.15 bits per heavy atom. The molecule has 0 aromatic heterocycles. The molecule has 26 heavy (non-hydrogen) atoms. The molecule has 0 radical (unpaired) electrons. The number of hydrogen-bond donors (Lipinski definition) is 1. The molecule has 1 saturated heterocycles. The summed E-state index contributed by atoms with van der Waals surface area (Å²) in [6.07, 6.45) is 1.93. The number of anilines is 1. The van der Waals surface area contributed by atoms with E-state index in [4.69, 9.17) is 4.74 Å². The van der Waals surface area contributed by atoms with E-state index in [0.717, 1.165) is 12.8 Å². The van der Waals surface area contributed by atoms with Crippen molar-refractivity contribution in [2.45, 2.75) is 17.7 Å². The minimum atomic E-state index is -3.93. The zero-order valence-corrected chi connectivity index (χ0v) is 16.6. The predicted molar refractivity (Wildman–Crippen MR) is 103 cm³/mol. The highest BCUT2D eigenvalue weighted by Gasteiger charge is 2.25. The molecule has 0 spiro atoms. The van der Waals surface area contributed by atoms with E-state index in [1.165, 1.54) is 13.2 Å². The van der Waals surface area contributed by atoms with Gasteiger partial charge in [-0.2, -0.15) is 0 Å². The zero-order valence-electron chi connectivity index (χ0n) is 14.2. The van der Waals surface area contributed by atoms with Gasteiger partial charge in [-0.15, -0.1) is 0 Å². The number of rotatable bonds is 5. The number of halogens is 1. The molecule has 3 rings (SSSR count). The van der Waals surface area contributed by atoms with Crippen LogP contribution in [0.1, 0.15) is 23.2 Å². The number of nitrogens with zero attached hydrogens (tertiary/aromatic N) is 1. The topological polar surface area (TPSA) is 75.7 Å². The normalized spacial score (nSPS) is 14.3. The minimum absolute atomic E-state index is 0.00204. The van der Waals surface area contributed by atoms with Crippen LogP contribution in [0.25, 0.3) is 0 Å². The van der Waals surface area contributed by atoms with Crippen LogP contribution in [0.5, 0.6) is 5.75 Å². The van der Waals surface area contributed by atoms with Gasteiger partial charge in [0.05, 0.1) is 18.4 Å². The number of carbonyl (C=O) groups excluding carboxylic acids is 1. The first-order valence-corrected chi connectivity index (χ1v) is 10.4. The van der Waals surface area contributed by atoms with Crippen LogP contribution in [0.3, 0.4) is 0 Å². The highest BCUT2D eigenvalue weighted by molar-refractivity contribution is 9.10. The molecule has 0 unspecified atom stereocenters. The second kappa shape index (κ2) is 7.67. The van der Waals surface area contributed by atoms with Crippen LogP contribution in [-0.2, 0) is 10.0 Å². The highest BCUT2D eigenvalue weighted by Crippen LogP contribution is 2.30. The van der Waals surface area contributed by atoms with E-state index in [1.54, 1.807) is 41.3 Å². The van der Waals surface area contributed by atoms with Gasteiger partial charge in [-0.25, -0.2) is 8.42 Å². The molecule has 0 aliphatic carbocycles. The number of amides is 1. The summed E-state index contributed by atoms with van der Waals surface area (Å²) < 4.78 is 34.1. The van der Waals surface area contributed by atoms with Crippen molar-refractivity contribution in [1.82, 2.24) is 4.90 Å². The summed E-state index contributed by atoms with van der Waals surface area (Å²) in [5.74, 6) is 0.0612. The van der Waals surface area contributed by atoms with Gasteiger partial charge in [0.25, 0.3) is 15.9 Å². The van der Waals surface area contributed by atoms with Gasteiger partial charge in [-0.3, -0.25) is 9.52 Å². The number of hydrogen-bond acceptors (Lipinski definition) is 4. The Labute approximate surface area is 161 Å². The lowest BCUT2D eigenvalue weighted by atomic mass is 10.1. The third-order valence-corrected chi connectivity index (χ3v) is 6.09. The van der Waals surface area contributed by atoms with Gasteiger partial charge in [0.2, 0.25) is 0 Å². The van der Waals surface area contributed by atoms with E-state index < -0.39 is 10.0 Å². The summed E-state index contributed by atoms with van der Waals surface area (Å²) >= 11 is 3.28. The van der Waals surface area contributed by atoms with Gasteiger partial charge < -0.3 is 9.64 Å². The van der Waals surface area contributed by atoms with E-state index in [1.807, 2.05) is 0 Å².